The largest absolute Gasteiger partial charge is 0.314 e. The molecule has 3 heteroatoms. The monoisotopic (exact) mass is 259 g/mol. The van der Waals surface area contributed by atoms with Crippen LogP contribution in [0.1, 0.15) is 17.9 Å². The number of benzene rings is 1. The van der Waals surface area contributed by atoms with Gasteiger partial charge in [-0.2, -0.15) is 0 Å². The van der Waals surface area contributed by atoms with Crippen LogP contribution < -0.4 is 5.32 Å². The van der Waals surface area contributed by atoms with Gasteiger partial charge in [-0.25, -0.2) is 0 Å². The van der Waals surface area contributed by atoms with E-state index in [2.05, 4.69) is 45.4 Å². The molecule has 0 aliphatic carbocycles. The zero-order chi connectivity index (χ0) is 12.9. The summed E-state index contributed by atoms with van der Waals surface area (Å²) in [5.41, 5.74) is 1.51. The lowest BCUT2D eigenvalue weighted by Gasteiger charge is -2.40. The van der Waals surface area contributed by atoms with Gasteiger partial charge in [-0.1, -0.05) is 30.3 Å². The van der Waals surface area contributed by atoms with Crippen LogP contribution in [-0.4, -0.2) is 62.2 Å². The van der Waals surface area contributed by atoms with E-state index in [0.717, 1.165) is 5.92 Å². The molecular weight excluding hydrogens is 234 g/mol. The van der Waals surface area contributed by atoms with Crippen molar-refractivity contribution in [1.29, 1.82) is 0 Å². The van der Waals surface area contributed by atoms with Crippen molar-refractivity contribution in [3.63, 3.8) is 0 Å². The number of hydrogen-bond acceptors (Lipinski definition) is 3. The molecule has 1 aromatic carbocycles. The zero-order valence-corrected chi connectivity index (χ0v) is 11.7. The van der Waals surface area contributed by atoms with Gasteiger partial charge in [-0.3, -0.25) is 0 Å². The van der Waals surface area contributed by atoms with Crippen LogP contribution in [0.15, 0.2) is 30.3 Å². The van der Waals surface area contributed by atoms with E-state index in [9.17, 15) is 0 Å². The average Bonchev–Trinajstić information content (AvgIpc) is 2.43. The average molecular weight is 259 g/mol. The predicted octanol–water partition coefficient (Wildman–Crippen LogP) is 1.38. The van der Waals surface area contributed by atoms with Crippen LogP contribution in [0.25, 0.3) is 0 Å². The second kappa shape index (κ2) is 6.51. The summed E-state index contributed by atoms with van der Waals surface area (Å²) in [5, 5.41) is 3.41. The standard InChI is InChI=1S/C16H25N3/c1-2-5-15(6-3-1)16-13-19(14-16)10-4-9-18-11-7-17-8-12-18/h1-3,5-6,16-17H,4,7-14H2. The van der Waals surface area contributed by atoms with Crippen molar-refractivity contribution in [2.45, 2.75) is 12.3 Å². The van der Waals surface area contributed by atoms with E-state index in [-0.39, 0.29) is 0 Å². The maximum atomic E-state index is 3.41. The van der Waals surface area contributed by atoms with Gasteiger partial charge in [0.1, 0.15) is 0 Å². The van der Waals surface area contributed by atoms with Gasteiger partial charge < -0.3 is 15.1 Å². The summed E-state index contributed by atoms with van der Waals surface area (Å²) in [6.07, 6.45) is 1.32. The second-order valence-corrected chi connectivity index (χ2v) is 5.81. The van der Waals surface area contributed by atoms with E-state index in [1.807, 2.05) is 0 Å². The first kappa shape index (κ1) is 13.1. The van der Waals surface area contributed by atoms with E-state index in [1.54, 1.807) is 0 Å². The van der Waals surface area contributed by atoms with Crippen molar-refractivity contribution in [3.05, 3.63) is 35.9 Å². The first-order valence-corrected chi connectivity index (χ1v) is 7.62. The fourth-order valence-electron chi connectivity index (χ4n) is 3.14. The Morgan fingerprint density at radius 3 is 2.37 bits per heavy atom. The molecular formula is C16H25N3. The van der Waals surface area contributed by atoms with Gasteiger partial charge in [0.25, 0.3) is 0 Å². The van der Waals surface area contributed by atoms with Crippen LogP contribution in [0.4, 0.5) is 0 Å². The molecule has 2 aliphatic rings. The summed E-state index contributed by atoms with van der Waals surface area (Å²) in [6, 6.07) is 10.9. The molecule has 2 aliphatic heterocycles. The molecule has 2 saturated heterocycles. The summed E-state index contributed by atoms with van der Waals surface area (Å²) in [7, 11) is 0. The van der Waals surface area contributed by atoms with E-state index >= 15 is 0 Å². The Morgan fingerprint density at radius 2 is 1.63 bits per heavy atom. The molecule has 3 rings (SSSR count). The summed E-state index contributed by atoms with van der Waals surface area (Å²) in [6.45, 7) is 9.84. The molecule has 3 nitrogen and oxygen atoms in total. The van der Waals surface area contributed by atoms with E-state index in [4.69, 9.17) is 0 Å². The number of likely N-dealkylation sites (tertiary alicyclic amines) is 1. The van der Waals surface area contributed by atoms with Crippen molar-refractivity contribution in [2.75, 3.05) is 52.4 Å². The minimum Gasteiger partial charge on any atom is -0.314 e. The SMILES string of the molecule is c1ccc(C2CN(CCCN3CCNCC3)C2)cc1. The lowest BCUT2D eigenvalue weighted by atomic mass is 9.91. The van der Waals surface area contributed by atoms with Crippen LogP contribution in [0.3, 0.4) is 0 Å². The van der Waals surface area contributed by atoms with E-state index in [0.29, 0.717) is 0 Å². The smallest absolute Gasteiger partial charge is 0.0107 e. The summed E-state index contributed by atoms with van der Waals surface area (Å²) < 4.78 is 0. The highest BCUT2D eigenvalue weighted by molar-refractivity contribution is 5.22. The quantitative estimate of drug-likeness (QED) is 0.862. The summed E-state index contributed by atoms with van der Waals surface area (Å²) >= 11 is 0. The first-order chi connectivity index (χ1) is 9.42. The fourth-order valence-corrected chi connectivity index (χ4v) is 3.14. The molecule has 2 fully saturated rings. The normalized spacial score (nSPS) is 22.3. The number of nitrogens with zero attached hydrogens (tertiary/aromatic N) is 2. The van der Waals surface area contributed by atoms with Crippen molar-refractivity contribution in [2.24, 2.45) is 0 Å². The van der Waals surface area contributed by atoms with Gasteiger partial charge in [-0.15, -0.1) is 0 Å². The molecule has 1 N–H and O–H groups in total. The van der Waals surface area contributed by atoms with Crippen molar-refractivity contribution in [1.82, 2.24) is 15.1 Å². The second-order valence-electron chi connectivity index (χ2n) is 5.81. The lowest BCUT2D eigenvalue weighted by Crippen LogP contribution is -2.47. The highest BCUT2D eigenvalue weighted by Gasteiger charge is 2.27. The molecule has 0 radical (unpaired) electrons. The highest BCUT2D eigenvalue weighted by Crippen LogP contribution is 2.26. The summed E-state index contributed by atoms with van der Waals surface area (Å²) in [5.74, 6) is 0.778. The third kappa shape index (κ3) is 3.56. The van der Waals surface area contributed by atoms with Crippen LogP contribution in [0.2, 0.25) is 0 Å². The van der Waals surface area contributed by atoms with E-state index in [1.165, 1.54) is 64.3 Å². The van der Waals surface area contributed by atoms with Crippen LogP contribution in [-0.2, 0) is 0 Å². The number of hydrogen-bond donors (Lipinski definition) is 1. The number of piperazine rings is 1. The van der Waals surface area contributed by atoms with E-state index < -0.39 is 0 Å². The van der Waals surface area contributed by atoms with Gasteiger partial charge >= 0.3 is 0 Å². The highest BCUT2D eigenvalue weighted by atomic mass is 15.2. The maximum Gasteiger partial charge on any atom is 0.0107 e. The minimum absolute atomic E-state index is 0.778. The van der Waals surface area contributed by atoms with Crippen molar-refractivity contribution >= 4 is 0 Å². The molecule has 2 heterocycles. The lowest BCUT2D eigenvalue weighted by molar-refractivity contribution is 0.135. The van der Waals surface area contributed by atoms with Crippen LogP contribution in [0.5, 0.6) is 0 Å². The van der Waals surface area contributed by atoms with Crippen LogP contribution in [0, 0.1) is 0 Å². The summed E-state index contributed by atoms with van der Waals surface area (Å²) in [4.78, 5) is 5.19. The third-order valence-corrected chi connectivity index (χ3v) is 4.39. The van der Waals surface area contributed by atoms with Crippen molar-refractivity contribution < 1.29 is 0 Å². The van der Waals surface area contributed by atoms with Gasteiger partial charge in [0.2, 0.25) is 0 Å². The molecule has 0 atom stereocenters. The molecule has 0 bridgehead atoms. The minimum atomic E-state index is 0.778. The first-order valence-electron chi connectivity index (χ1n) is 7.62. The molecule has 0 spiro atoms. The Balaban J connectivity index is 1.31. The van der Waals surface area contributed by atoms with Gasteiger partial charge in [0.15, 0.2) is 0 Å². The Bertz CT molecular complexity index is 367. The van der Waals surface area contributed by atoms with Gasteiger partial charge in [0.05, 0.1) is 0 Å². The zero-order valence-electron chi connectivity index (χ0n) is 11.7. The Morgan fingerprint density at radius 1 is 0.947 bits per heavy atom. The number of nitrogens with one attached hydrogen (secondary N) is 1. The Labute approximate surface area is 116 Å². The molecule has 19 heavy (non-hydrogen) atoms. The maximum absolute atomic E-state index is 3.41. The molecule has 1 aromatic rings. The third-order valence-electron chi connectivity index (χ3n) is 4.39. The topological polar surface area (TPSA) is 18.5 Å². The number of rotatable bonds is 5. The predicted molar refractivity (Wildman–Crippen MR) is 79.5 cm³/mol. The van der Waals surface area contributed by atoms with Gasteiger partial charge in [0, 0.05) is 45.2 Å². The Kier molecular flexibility index (Phi) is 4.49. The van der Waals surface area contributed by atoms with Crippen molar-refractivity contribution in [3.8, 4) is 0 Å². The molecule has 104 valence electrons. The Hall–Kier alpha value is -0.900. The molecule has 0 amide bonds. The van der Waals surface area contributed by atoms with Crippen LogP contribution >= 0.6 is 0 Å². The molecule has 0 aromatic heterocycles. The fraction of sp³-hybridized carbons (Fsp3) is 0.625. The molecule has 0 unspecified atom stereocenters. The van der Waals surface area contributed by atoms with Gasteiger partial charge in [-0.05, 0) is 25.1 Å². The molecule has 0 saturated carbocycles.